The summed E-state index contributed by atoms with van der Waals surface area (Å²) in [6, 6.07) is 10.2. The molecule has 0 amide bonds. The smallest absolute Gasteiger partial charge is 0.00799 e. The molecule has 0 saturated carbocycles. The first-order valence-electron chi connectivity index (χ1n) is 3.41. The van der Waals surface area contributed by atoms with Crippen LogP contribution in [0.15, 0.2) is 30.3 Å². The monoisotopic (exact) mass is 134 g/mol. The van der Waals surface area contributed by atoms with Crippen molar-refractivity contribution < 1.29 is 0 Å². The number of rotatable bonds is 2. The molecule has 0 aromatic heterocycles. The van der Waals surface area contributed by atoms with Crippen LogP contribution in [-0.2, 0) is 6.42 Å². The standard InChI is InChI=1S/C9H12N/c1-8(10)7-9-5-3-2-4-6-9/h2-6,8H,1,7,10H2. The van der Waals surface area contributed by atoms with Crippen molar-refractivity contribution in [2.24, 2.45) is 5.73 Å². The minimum absolute atomic E-state index is 0.0161. The van der Waals surface area contributed by atoms with Crippen molar-refractivity contribution in [1.29, 1.82) is 0 Å². The Bertz CT molecular complexity index is 179. The highest BCUT2D eigenvalue weighted by atomic mass is 14.6. The largest absolute Gasteiger partial charge is 0.327 e. The van der Waals surface area contributed by atoms with Gasteiger partial charge in [-0.15, -0.1) is 0 Å². The van der Waals surface area contributed by atoms with Crippen LogP contribution in [0.1, 0.15) is 5.56 Å². The molecule has 1 nitrogen and oxygen atoms in total. The van der Waals surface area contributed by atoms with E-state index in [2.05, 4.69) is 19.1 Å². The molecule has 0 aliphatic carbocycles. The van der Waals surface area contributed by atoms with Crippen molar-refractivity contribution in [2.75, 3.05) is 0 Å². The van der Waals surface area contributed by atoms with Crippen LogP contribution in [0.4, 0.5) is 0 Å². The van der Waals surface area contributed by atoms with E-state index < -0.39 is 0 Å². The second-order valence-electron chi connectivity index (χ2n) is 2.45. The molecule has 1 atom stereocenters. The predicted molar refractivity (Wildman–Crippen MR) is 43.5 cm³/mol. The molecule has 1 radical (unpaired) electrons. The number of hydrogen-bond acceptors (Lipinski definition) is 1. The highest BCUT2D eigenvalue weighted by molar-refractivity contribution is 5.15. The summed E-state index contributed by atoms with van der Waals surface area (Å²) in [5.74, 6) is 0. The first-order chi connectivity index (χ1) is 4.79. The molecule has 0 saturated heterocycles. The normalized spacial score (nSPS) is 13.0. The van der Waals surface area contributed by atoms with E-state index in [-0.39, 0.29) is 6.04 Å². The summed E-state index contributed by atoms with van der Waals surface area (Å²) in [7, 11) is 0. The SMILES string of the molecule is [CH2]C(N)Cc1ccccc1. The van der Waals surface area contributed by atoms with E-state index in [0.717, 1.165) is 6.42 Å². The zero-order valence-corrected chi connectivity index (χ0v) is 5.96. The third-order valence-electron chi connectivity index (χ3n) is 1.34. The van der Waals surface area contributed by atoms with E-state index >= 15 is 0 Å². The molecule has 1 aromatic carbocycles. The lowest BCUT2D eigenvalue weighted by Crippen LogP contribution is -2.17. The van der Waals surface area contributed by atoms with Gasteiger partial charge in [0, 0.05) is 6.04 Å². The Hall–Kier alpha value is -0.820. The molecule has 1 heteroatoms. The lowest BCUT2D eigenvalue weighted by atomic mass is 10.1. The number of hydrogen-bond donors (Lipinski definition) is 1. The van der Waals surface area contributed by atoms with Crippen LogP contribution in [0.5, 0.6) is 0 Å². The highest BCUT2D eigenvalue weighted by Gasteiger charge is 1.94. The molecule has 2 N–H and O–H groups in total. The van der Waals surface area contributed by atoms with E-state index in [1.54, 1.807) is 0 Å². The quantitative estimate of drug-likeness (QED) is 0.650. The lowest BCUT2D eigenvalue weighted by molar-refractivity contribution is 0.807. The highest BCUT2D eigenvalue weighted by Crippen LogP contribution is 2.00. The van der Waals surface area contributed by atoms with Crippen LogP contribution in [0.25, 0.3) is 0 Å². The van der Waals surface area contributed by atoms with E-state index in [1.165, 1.54) is 5.56 Å². The van der Waals surface area contributed by atoms with Gasteiger partial charge in [0.2, 0.25) is 0 Å². The fourth-order valence-electron chi connectivity index (χ4n) is 0.917. The average molecular weight is 134 g/mol. The summed E-state index contributed by atoms with van der Waals surface area (Å²) in [6.45, 7) is 3.71. The first-order valence-corrected chi connectivity index (χ1v) is 3.41. The van der Waals surface area contributed by atoms with Crippen LogP contribution in [-0.4, -0.2) is 6.04 Å². The molecular formula is C9H12N. The molecule has 0 heterocycles. The Kier molecular flexibility index (Phi) is 2.46. The van der Waals surface area contributed by atoms with Crippen LogP contribution >= 0.6 is 0 Å². The minimum Gasteiger partial charge on any atom is -0.327 e. The van der Waals surface area contributed by atoms with Gasteiger partial charge in [-0.3, -0.25) is 0 Å². The first kappa shape index (κ1) is 7.29. The fraction of sp³-hybridized carbons (Fsp3) is 0.222. The maximum absolute atomic E-state index is 5.51. The van der Waals surface area contributed by atoms with Gasteiger partial charge in [-0.25, -0.2) is 0 Å². The summed E-state index contributed by atoms with van der Waals surface area (Å²) in [5.41, 5.74) is 6.77. The van der Waals surface area contributed by atoms with Crippen LogP contribution in [0.3, 0.4) is 0 Å². The van der Waals surface area contributed by atoms with Crippen molar-refractivity contribution in [3.05, 3.63) is 42.8 Å². The summed E-state index contributed by atoms with van der Waals surface area (Å²) >= 11 is 0. The number of benzene rings is 1. The maximum atomic E-state index is 5.51. The zero-order valence-electron chi connectivity index (χ0n) is 5.96. The lowest BCUT2D eigenvalue weighted by Gasteiger charge is -2.02. The van der Waals surface area contributed by atoms with Gasteiger partial charge in [0.05, 0.1) is 0 Å². The Morgan fingerprint density at radius 2 is 1.90 bits per heavy atom. The van der Waals surface area contributed by atoms with E-state index in [0.29, 0.717) is 0 Å². The average Bonchev–Trinajstić information content (AvgIpc) is 1.88. The molecule has 1 unspecified atom stereocenters. The molecule has 53 valence electrons. The molecule has 0 bridgehead atoms. The summed E-state index contributed by atoms with van der Waals surface area (Å²) in [5, 5.41) is 0. The third kappa shape index (κ3) is 2.19. The van der Waals surface area contributed by atoms with Crippen LogP contribution in [0, 0.1) is 6.92 Å². The van der Waals surface area contributed by atoms with Gasteiger partial charge >= 0.3 is 0 Å². The van der Waals surface area contributed by atoms with E-state index in [4.69, 9.17) is 5.73 Å². The van der Waals surface area contributed by atoms with Crippen molar-refractivity contribution in [1.82, 2.24) is 0 Å². The second-order valence-corrected chi connectivity index (χ2v) is 2.45. The molecule has 0 aliphatic rings. The molecule has 1 rings (SSSR count). The molecule has 0 aliphatic heterocycles. The van der Waals surface area contributed by atoms with Crippen molar-refractivity contribution in [3.8, 4) is 0 Å². The van der Waals surface area contributed by atoms with Crippen molar-refractivity contribution in [3.63, 3.8) is 0 Å². The molecule has 10 heavy (non-hydrogen) atoms. The fourth-order valence-corrected chi connectivity index (χ4v) is 0.917. The molecule has 0 spiro atoms. The Morgan fingerprint density at radius 3 is 2.40 bits per heavy atom. The van der Waals surface area contributed by atoms with Gasteiger partial charge in [0.15, 0.2) is 0 Å². The van der Waals surface area contributed by atoms with E-state index in [1.807, 2.05) is 18.2 Å². The van der Waals surface area contributed by atoms with Gasteiger partial charge in [0.25, 0.3) is 0 Å². The molecule has 1 aromatic rings. The van der Waals surface area contributed by atoms with Crippen molar-refractivity contribution >= 4 is 0 Å². The van der Waals surface area contributed by atoms with E-state index in [9.17, 15) is 0 Å². The topological polar surface area (TPSA) is 26.0 Å². The van der Waals surface area contributed by atoms with Gasteiger partial charge in [-0.2, -0.15) is 0 Å². The second kappa shape index (κ2) is 3.37. The summed E-state index contributed by atoms with van der Waals surface area (Å²) in [4.78, 5) is 0. The van der Waals surface area contributed by atoms with Gasteiger partial charge in [-0.1, -0.05) is 30.3 Å². The molecule has 0 fully saturated rings. The maximum Gasteiger partial charge on any atom is 0.00799 e. The zero-order chi connectivity index (χ0) is 7.40. The Labute approximate surface area is 61.9 Å². The van der Waals surface area contributed by atoms with Gasteiger partial charge < -0.3 is 5.73 Å². The van der Waals surface area contributed by atoms with Crippen molar-refractivity contribution in [2.45, 2.75) is 12.5 Å². The number of nitrogens with two attached hydrogens (primary N) is 1. The summed E-state index contributed by atoms with van der Waals surface area (Å²) < 4.78 is 0. The van der Waals surface area contributed by atoms with Crippen LogP contribution < -0.4 is 5.73 Å². The third-order valence-corrected chi connectivity index (χ3v) is 1.34. The molecular weight excluding hydrogens is 122 g/mol. The predicted octanol–water partition coefficient (Wildman–Crippen LogP) is 1.39. The summed E-state index contributed by atoms with van der Waals surface area (Å²) in [6.07, 6.45) is 0.862. The van der Waals surface area contributed by atoms with Gasteiger partial charge in [0.1, 0.15) is 0 Å². The van der Waals surface area contributed by atoms with Crippen LogP contribution in [0.2, 0.25) is 0 Å². The minimum atomic E-state index is 0.0161. The Balaban J connectivity index is 2.59. The Morgan fingerprint density at radius 1 is 1.30 bits per heavy atom. The van der Waals surface area contributed by atoms with Gasteiger partial charge in [-0.05, 0) is 18.9 Å².